The molecule has 0 nitrogen and oxygen atoms in total. The topological polar surface area (TPSA) is 0 Å². The molecular weight excluding hydrogens is 596 g/mol. The Balaban J connectivity index is 1.53. The summed E-state index contributed by atoms with van der Waals surface area (Å²) in [7, 11) is 0. The van der Waals surface area contributed by atoms with E-state index in [1.165, 1.54) is 86.9 Å². The van der Waals surface area contributed by atoms with Gasteiger partial charge in [-0.2, -0.15) is 0 Å². The van der Waals surface area contributed by atoms with Crippen LogP contribution in [0.3, 0.4) is 0 Å². The summed E-state index contributed by atoms with van der Waals surface area (Å²) in [6.45, 7) is 4.79. The third kappa shape index (κ3) is 3.63. The molecule has 7 aromatic rings. The van der Waals surface area contributed by atoms with E-state index in [-0.39, 0.29) is 5.41 Å². The van der Waals surface area contributed by atoms with Crippen molar-refractivity contribution < 1.29 is 0 Å². The van der Waals surface area contributed by atoms with Crippen LogP contribution >= 0.6 is 15.9 Å². The van der Waals surface area contributed by atoms with Crippen LogP contribution in [0.2, 0.25) is 0 Å². The van der Waals surface area contributed by atoms with Crippen LogP contribution < -0.4 is 10.4 Å². The zero-order valence-corrected chi connectivity index (χ0v) is 26.2. The van der Waals surface area contributed by atoms with Crippen LogP contribution in [0.5, 0.6) is 0 Å². The van der Waals surface area contributed by atoms with Crippen LogP contribution in [0.4, 0.5) is 0 Å². The van der Waals surface area contributed by atoms with E-state index in [0.29, 0.717) is 0 Å². The summed E-state index contributed by atoms with van der Waals surface area (Å²) in [6, 6.07) is 47.0. The Morgan fingerprint density at radius 3 is 1.95 bits per heavy atom. The number of halogens is 1. The van der Waals surface area contributed by atoms with E-state index in [0.717, 1.165) is 4.47 Å². The fourth-order valence-electron chi connectivity index (χ4n) is 7.83. The minimum Gasteiger partial charge on any atom is -0.0619 e. The van der Waals surface area contributed by atoms with E-state index in [4.69, 9.17) is 0 Å². The summed E-state index contributed by atoms with van der Waals surface area (Å²) in [5.41, 5.74) is 10.4. The normalized spacial score (nSPS) is 13.9. The molecule has 0 spiro atoms. The van der Waals surface area contributed by atoms with Crippen molar-refractivity contribution in [2.24, 2.45) is 0 Å². The van der Waals surface area contributed by atoms with Gasteiger partial charge in [0.05, 0.1) is 0 Å². The molecule has 1 heteroatoms. The SMILES string of the molecule is CC1(C)c2ccccc2C=c2c1cc1c(c2-c2cccc3ccccc23)C=c2cc(Br)cc(-c3cccc4ccccc34)c2=1. The zero-order chi connectivity index (χ0) is 29.6. The molecule has 0 N–H and O–H groups in total. The molecule has 0 aliphatic heterocycles. The van der Waals surface area contributed by atoms with Crippen molar-refractivity contribution in [1.82, 2.24) is 0 Å². The third-order valence-corrected chi connectivity index (χ3v) is 10.3. The highest BCUT2D eigenvalue weighted by Gasteiger charge is 2.32. The largest absolute Gasteiger partial charge is 0.0619 e. The Kier molecular flexibility index (Phi) is 5.49. The van der Waals surface area contributed by atoms with Crippen molar-refractivity contribution in [3.05, 3.63) is 175 Å². The molecule has 0 saturated carbocycles. The second kappa shape index (κ2) is 9.39. The van der Waals surface area contributed by atoms with Gasteiger partial charge in [0.25, 0.3) is 0 Å². The highest BCUT2D eigenvalue weighted by atomic mass is 79.9. The van der Waals surface area contributed by atoms with Gasteiger partial charge in [0.15, 0.2) is 0 Å². The molecule has 0 unspecified atom stereocenters. The average molecular weight is 626 g/mol. The lowest BCUT2D eigenvalue weighted by molar-refractivity contribution is 0.629. The summed E-state index contributed by atoms with van der Waals surface area (Å²) in [5, 5.41) is 10.3. The second-order valence-electron chi connectivity index (χ2n) is 12.6. The van der Waals surface area contributed by atoms with Gasteiger partial charge in [-0.3, -0.25) is 0 Å². The molecular formula is C43H29Br. The minimum atomic E-state index is -0.160. The molecule has 0 radical (unpaired) electrons. The van der Waals surface area contributed by atoms with Crippen molar-refractivity contribution in [3.8, 4) is 22.3 Å². The summed E-state index contributed by atoms with van der Waals surface area (Å²) in [6.07, 6.45) is 4.87. The van der Waals surface area contributed by atoms with Crippen LogP contribution in [0.15, 0.2) is 132 Å². The van der Waals surface area contributed by atoms with E-state index < -0.39 is 0 Å². The lowest BCUT2D eigenvalue weighted by Crippen LogP contribution is -2.33. The molecule has 2 aliphatic rings. The Morgan fingerprint density at radius 1 is 0.545 bits per heavy atom. The van der Waals surface area contributed by atoms with Gasteiger partial charge in [-0.1, -0.05) is 139 Å². The molecule has 208 valence electrons. The van der Waals surface area contributed by atoms with Crippen molar-refractivity contribution in [1.29, 1.82) is 0 Å². The molecule has 9 rings (SSSR count). The number of hydrogen-bond acceptors (Lipinski definition) is 0. The molecule has 0 atom stereocenters. The van der Waals surface area contributed by atoms with Crippen molar-refractivity contribution in [3.63, 3.8) is 0 Å². The second-order valence-corrected chi connectivity index (χ2v) is 13.6. The Hall–Kier alpha value is -4.72. The van der Waals surface area contributed by atoms with E-state index >= 15 is 0 Å². The zero-order valence-electron chi connectivity index (χ0n) is 24.7. The van der Waals surface area contributed by atoms with Gasteiger partial charge in [0, 0.05) is 9.89 Å². The maximum Gasteiger partial charge on any atom is 0.0187 e. The summed E-state index contributed by atoms with van der Waals surface area (Å²) in [4.78, 5) is 0. The quantitative estimate of drug-likeness (QED) is 0.179. The van der Waals surface area contributed by atoms with Crippen LogP contribution in [0.25, 0.3) is 56.0 Å². The maximum atomic E-state index is 3.90. The Morgan fingerprint density at radius 2 is 1.18 bits per heavy atom. The predicted octanol–water partition coefficient (Wildman–Crippen LogP) is 9.99. The number of rotatable bonds is 2. The van der Waals surface area contributed by atoms with Crippen molar-refractivity contribution >= 4 is 49.6 Å². The summed E-state index contributed by atoms with van der Waals surface area (Å²) < 4.78 is 1.10. The van der Waals surface area contributed by atoms with Gasteiger partial charge in [-0.25, -0.2) is 0 Å². The lowest BCUT2D eigenvalue weighted by atomic mass is 9.70. The van der Waals surface area contributed by atoms with Gasteiger partial charge in [-0.15, -0.1) is 0 Å². The summed E-state index contributed by atoms with van der Waals surface area (Å²) in [5.74, 6) is 0. The highest BCUT2D eigenvalue weighted by Crippen LogP contribution is 2.41. The molecule has 2 aliphatic carbocycles. The average Bonchev–Trinajstić information content (AvgIpc) is 3.41. The molecule has 0 amide bonds. The van der Waals surface area contributed by atoms with Crippen LogP contribution in [0.1, 0.15) is 36.1 Å². The van der Waals surface area contributed by atoms with Crippen molar-refractivity contribution in [2.75, 3.05) is 0 Å². The Labute approximate surface area is 265 Å². The fraction of sp³-hybridized carbons (Fsp3) is 0.0698. The number of benzene rings is 7. The molecule has 0 aromatic heterocycles. The molecule has 0 bridgehead atoms. The van der Waals surface area contributed by atoms with E-state index in [9.17, 15) is 0 Å². The lowest BCUT2D eigenvalue weighted by Gasteiger charge is -2.33. The first-order valence-electron chi connectivity index (χ1n) is 15.3. The smallest absolute Gasteiger partial charge is 0.0187 e. The monoisotopic (exact) mass is 624 g/mol. The molecule has 0 fully saturated rings. The van der Waals surface area contributed by atoms with E-state index in [1.807, 2.05) is 0 Å². The minimum absolute atomic E-state index is 0.160. The maximum absolute atomic E-state index is 3.90. The van der Waals surface area contributed by atoms with Crippen molar-refractivity contribution in [2.45, 2.75) is 19.3 Å². The standard InChI is InChI=1S/C43H29Br/c1-43(2)39-20-8-5-13-28(39)22-38-40(43)25-37-35(42(38)34-19-10-15-27-12-4-7-17-32(27)34)23-29-21-30(44)24-36(41(29)37)33-18-9-14-26-11-3-6-16-31(26)33/h3-25H,1-2H3. The number of hydrogen-bond donors (Lipinski definition) is 0. The number of fused-ring (bicyclic) bond motifs is 6. The predicted molar refractivity (Wildman–Crippen MR) is 189 cm³/mol. The highest BCUT2D eigenvalue weighted by molar-refractivity contribution is 9.10. The van der Waals surface area contributed by atoms with Gasteiger partial charge in [-0.05, 0) is 117 Å². The van der Waals surface area contributed by atoms with E-state index in [2.05, 4.69) is 169 Å². The Bertz CT molecular complexity index is 2580. The first-order valence-corrected chi connectivity index (χ1v) is 16.1. The fourth-order valence-corrected chi connectivity index (χ4v) is 8.31. The first kappa shape index (κ1) is 25.7. The van der Waals surface area contributed by atoms with Gasteiger partial charge >= 0.3 is 0 Å². The van der Waals surface area contributed by atoms with Gasteiger partial charge in [0.1, 0.15) is 0 Å². The molecule has 0 saturated heterocycles. The van der Waals surface area contributed by atoms with Crippen LogP contribution in [-0.4, -0.2) is 0 Å². The van der Waals surface area contributed by atoms with Crippen LogP contribution in [-0.2, 0) is 5.41 Å². The van der Waals surface area contributed by atoms with E-state index in [1.54, 1.807) is 0 Å². The van der Waals surface area contributed by atoms with Crippen LogP contribution in [0, 0.1) is 10.4 Å². The molecule has 0 heterocycles. The van der Waals surface area contributed by atoms with Gasteiger partial charge < -0.3 is 0 Å². The summed E-state index contributed by atoms with van der Waals surface area (Å²) >= 11 is 3.90. The third-order valence-electron chi connectivity index (χ3n) is 9.86. The van der Waals surface area contributed by atoms with Gasteiger partial charge in [0.2, 0.25) is 0 Å². The molecule has 44 heavy (non-hydrogen) atoms. The first-order chi connectivity index (χ1) is 21.5. The molecule has 7 aromatic carbocycles.